The largest absolute Gasteiger partial charge is 0.497 e. The van der Waals surface area contributed by atoms with E-state index in [0.29, 0.717) is 13.2 Å². The van der Waals surface area contributed by atoms with Crippen molar-refractivity contribution >= 4 is 12.0 Å². The van der Waals surface area contributed by atoms with E-state index < -0.39 is 0 Å². The first-order valence-electron chi connectivity index (χ1n) is 9.03. The number of rotatable bonds is 9. The minimum atomic E-state index is -0.137. The summed E-state index contributed by atoms with van der Waals surface area (Å²) in [4.78, 5) is 14.3. The molecular weight excluding hydrogens is 340 g/mol. The van der Waals surface area contributed by atoms with E-state index in [2.05, 4.69) is 10.2 Å². The Morgan fingerprint density at radius 3 is 2.48 bits per heavy atom. The number of hydrogen-bond donors (Lipinski definition) is 1. The van der Waals surface area contributed by atoms with Crippen LogP contribution in [0.2, 0.25) is 0 Å². The van der Waals surface area contributed by atoms with Crippen molar-refractivity contribution in [1.29, 1.82) is 0 Å². The number of hydrogen-bond acceptors (Lipinski definition) is 4. The summed E-state index contributed by atoms with van der Waals surface area (Å²) in [5, 5.41) is 2.97. The molecule has 0 aliphatic rings. The zero-order valence-corrected chi connectivity index (χ0v) is 16.4. The predicted octanol–water partition coefficient (Wildman–Crippen LogP) is 3.53. The third kappa shape index (κ3) is 6.15. The average molecular weight is 368 g/mol. The van der Waals surface area contributed by atoms with Crippen molar-refractivity contribution < 1.29 is 14.3 Å². The summed E-state index contributed by atoms with van der Waals surface area (Å²) < 4.78 is 10.8. The molecule has 0 saturated heterocycles. The molecule has 2 rings (SSSR count). The fourth-order valence-electron chi connectivity index (χ4n) is 2.75. The number of methoxy groups -OCH3 is 1. The molecule has 144 valence electrons. The first-order chi connectivity index (χ1) is 13.0. The van der Waals surface area contributed by atoms with Crippen LogP contribution in [0.5, 0.6) is 11.5 Å². The lowest BCUT2D eigenvalue weighted by Gasteiger charge is -2.25. The number of amides is 1. The van der Waals surface area contributed by atoms with Gasteiger partial charge in [-0.2, -0.15) is 0 Å². The van der Waals surface area contributed by atoms with Crippen molar-refractivity contribution in [1.82, 2.24) is 10.2 Å². The highest BCUT2D eigenvalue weighted by molar-refractivity contribution is 5.92. The van der Waals surface area contributed by atoms with Gasteiger partial charge in [0.2, 0.25) is 5.91 Å². The maximum atomic E-state index is 12.3. The van der Waals surface area contributed by atoms with Crippen molar-refractivity contribution in [2.45, 2.75) is 13.0 Å². The molecule has 1 atom stereocenters. The van der Waals surface area contributed by atoms with Gasteiger partial charge in [0.05, 0.1) is 19.8 Å². The van der Waals surface area contributed by atoms with Crippen LogP contribution >= 0.6 is 0 Å². The summed E-state index contributed by atoms with van der Waals surface area (Å²) in [6.45, 7) is 3.03. The number of nitrogens with zero attached hydrogens (tertiary/aromatic N) is 1. The highest BCUT2D eigenvalue weighted by Gasteiger charge is 2.14. The first-order valence-corrected chi connectivity index (χ1v) is 9.03. The molecule has 0 aromatic heterocycles. The van der Waals surface area contributed by atoms with Crippen LogP contribution in [0.4, 0.5) is 0 Å². The van der Waals surface area contributed by atoms with Crippen molar-refractivity contribution in [3.05, 3.63) is 65.7 Å². The summed E-state index contributed by atoms with van der Waals surface area (Å²) in [6.07, 6.45) is 3.32. The van der Waals surface area contributed by atoms with Crippen LogP contribution in [0, 0.1) is 0 Å². The number of ether oxygens (including phenoxy) is 2. The zero-order valence-electron chi connectivity index (χ0n) is 16.4. The molecule has 1 N–H and O–H groups in total. The summed E-state index contributed by atoms with van der Waals surface area (Å²) in [5.41, 5.74) is 2.00. The topological polar surface area (TPSA) is 50.8 Å². The van der Waals surface area contributed by atoms with E-state index in [1.165, 1.54) is 0 Å². The molecule has 1 unspecified atom stereocenters. The Kier molecular flexibility index (Phi) is 7.89. The molecule has 0 radical (unpaired) electrons. The van der Waals surface area contributed by atoms with Gasteiger partial charge in [-0.05, 0) is 50.9 Å². The summed E-state index contributed by atoms with van der Waals surface area (Å²) in [7, 11) is 5.64. The van der Waals surface area contributed by atoms with E-state index in [1.54, 1.807) is 19.3 Å². The van der Waals surface area contributed by atoms with Crippen molar-refractivity contribution in [2.24, 2.45) is 0 Å². The molecule has 0 bridgehead atoms. The zero-order chi connectivity index (χ0) is 19.6. The molecule has 0 aliphatic heterocycles. The number of nitrogens with one attached hydrogen (secondary N) is 1. The Labute approximate surface area is 161 Å². The van der Waals surface area contributed by atoms with Crippen LogP contribution < -0.4 is 14.8 Å². The fraction of sp³-hybridized carbons (Fsp3) is 0.318. The van der Waals surface area contributed by atoms with Crippen LogP contribution in [-0.2, 0) is 4.79 Å². The summed E-state index contributed by atoms with van der Waals surface area (Å²) >= 11 is 0. The van der Waals surface area contributed by atoms with Crippen molar-refractivity contribution in [2.75, 3.05) is 34.4 Å². The Bertz CT molecular complexity index is 754. The molecular formula is C22H28N2O3. The Hall–Kier alpha value is -2.79. The quantitative estimate of drug-likeness (QED) is 0.688. The lowest BCUT2D eigenvalue weighted by Crippen LogP contribution is -2.33. The molecule has 0 heterocycles. The first kappa shape index (κ1) is 20.5. The second-order valence-electron chi connectivity index (χ2n) is 6.30. The standard InChI is InChI=1S/C22H28N2O3/c1-5-27-21-9-7-6-8-18(21)12-15-22(25)23-16-20(24(2)3)17-10-13-19(26-4)14-11-17/h6-15,20H,5,16H2,1-4H3,(H,23,25)/b15-12+. The van der Waals surface area contributed by atoms with Crippen LogP contribution in [0.25, 0.3) is 6.08 Å². The molecule has 5 nitrogen and oxygen atoms in total. The highest BCUT2D eigenvalue weighted by Crippen LogP contribution is 2.21. The molecule has 2 aromatic rings. The van der Waals surface area contributed by atoms with Crippen LogP contribution in [0.15, 0.2) is 54.6 Å². The van der Waals surface area contributed by atoms with Crippen LogP contribution in [0.1, 0.15) is 24.1 Å². The third-order valence-corrected chi connectivity index (χ3v) is 4.23. The van der Waals surface area contributed by atoms with Crippen molar-refractivity contribution in [3.63, 3.8) is 0 Å². The smallest absolute Gasteiger partial charge is 0.244 e. The molecule has 0 saturated carbocycles. The minimum Gasteiger partial charge on any atom is -0.497 e. The van der Waals surface area contributed by atoms with Crippen molar-refractivity contribution in [3.8, 4) is 11.5 Å². The van der Waals surface area contributed by atoms with E-state index in [9.17, 15) is 4.79 Å². The average Bonchev–Trinajstić information content (AvgIpc) is 2.68. The minimum absolute atomic E-state index is 0.0731. The summed E-state index contributed by atoms with van der Waals surface area (Å²) in [5.74, 6) is 1.45. The number of carbonyl (C=O) groups is 1. The predicted molar refractivity (Wildman–Crippen MR) is 109 cm³/mol. The van der Waals surface area contributed by atoms with Gasteiger partial charge >= 0.3 is 0 Å². The molecule has 27 heavy (non-hydrogen) atoms. The van der Waals surface area contributed by atoms with E-state index in [-0.39, 0.29) is 11.9 Å². The van der Waals surface area contributed by atoms with E-state index >= 15 is 0 Å². The normalized spacial score (nSPS) is 12.2. The molecule has 0 aliphatic carbocycles. The number of benzene rings is 2. The van der Waals surface area contributed by atoms with Gasteiger partial charge in [0.1, 0.15) is 11.5 Å². The molecule has 2 aromatic carbocycles. The maximum absolute atomic E-state index is 12.3. The molecule has 0 fully saturated rings. The Balaban J connectivity index is 1.99. The number of carbonyl (C=O) groups excluding carboxylic acids is 1. The Morgan fingerprint density at radius 2 is 1.85 bits per heavy atom. The van der Waals surface area contributed by atoms with Crippen LogP contribution in [-0.4, -0.2) is 45.2 Å². The number of likely N-dealkylation sites (N-methyl/N-ethyl adjacent to an activating group) is 1. The van der Waals surface area contributed by atoms with Gasteiger partial charge in [-0.15, -0.1) is 0 Å². The lowest BCUT2D eigenvalue weighted by molar-refractivity contribution is -0.116. The highest BCUT2D eigenvalue weighted by atomic mass is 16.5. The SMILES string of the molecule is CCOc1ccccc1/C=C/C(=O)NCC(c1ccc(OC)cc1)N(C)C. The van der Waals surface area contributed by atoms with Gasteiger partial charge in [-0.3, -0.25) is 4.79 Å². The van der Waals surface area contributed by atoms with Gasteiger partial charge in [-0.25, -0.2) is 0 Å². The lowest BCUT2D eigenvalue weighted by atomic mass is 10.1. The van der Waals surface area contributed by atoms with E-state index in [0.717, 1.165) is 22.6 Å². The fourth-order valence-corrected chi connectivity index (χ4v) is 2.75. The van der Waals surface area contributed by atoms with Gasteiger partial charge in [0.25, 0.3) is 0 Å². The van der Waals surface area contributed by atoms with Gasteiger partial charge in [0, 0.05) is 18.2 Å². The van der Waals surface area contributed by atoms with Gasteiger partial charge in [-0.1, -0.05) is 30.3 Å². The van der Waals surface area contributed by atoms with E-state index in [1.807, 2.05) is 69.6 Å². The monoisotopic (exact) mass is 368 g/mol. The third-order valence-electron chi connectivity index (χ3n) is 4.23. The molecule has 1 amide bonds. The maximum Gasteiger partial charge on any atom is 0.244 e. The summed E-state index contributed by atoms with van der Waals surface area (Å²) in [6, 6.07) is 15.6. The Morgan fingerprint density at radius 1 is 1.15 bits per heavy atom. The number of para-hydroxylation sites is 1. The molecule has 0 spiro atoms. The van der Waals surface area contributed by atoms with E-state index in [4.69, 9.17) is 9.47 Å². The van der Waals surface area contributed by atoms with Gasteiger partial charge in [0.15, 0.2) is 0 Å². The second kappa shape index (κ2) is 10.4. The van der Waals surface area contributed by atoms with Gasteiger partial charge < -0.3 is 19.7 Å². The van der Waals surface area contributed by atoms with Crippen LogP contribution in [0.3, 0.4) is 0 Å². The molecule has 5 heteroatoms. The second-order valence-corrected chi connectivity index (χ2v) is 6.30.